The highest BCUT2D eigenvalue weighted by Gasteiger charge is 2.45. The van der Waals surface area contributed by atoms with Crippen molar-refractivity contribution in [3.63, 3.8) is 0 Å². The number of halogens is 3. The van der Waals surface area contributed by atoms with Gasteiger partial charge in [-0.2, -0.15) is 18.4 Å². The first-order valence-corrected chi connectivity index (χ1v) is 12.9. The van der Waals surface area contributed by atoms with E-state index in [9.17, 15) is 27.9 Å². The molecule has 0 saturated heterocycles. The van der Waals surface area contributed by atoms with E-state index < -0.39 is 28.8 Å². The molecule has 2 N–H and O–H groups in total. The van der Waals surface area contributed by atoms with Crippen LogP contribution in [-0.2, 0) is 17.4 Å². The molecule has 1 atom stereocenters. The predicted octanol–water partition coefficient (Wildman–Crippen LogP) is 6.94. The van der Waals surface area contributed by atoms with Crippen molar-refractivity contribution >= 4 is 17.4 Å². The van der Waals surface area contributed by atoms with Crippen LogP contribution >= 0.6 is 0 Å². The van der Waals surface area contributed by atoms with E-state index in [4.69, 9.17) is 5.26 Å². The maximum atomic E-state index is 13.7. The number of nitrogens with one attached hydrogen (secondary N) is 1. The number of carbonyl (C=O) groups is 2. The highest BCUT2D eigenvalue weighted by atomic mass is 19.4. The fourth-order valence-electron chi connectivity index (χ4n) is 5.31. The predicted molar refractivity (Wildman–Crippen MR) is 142 cm³/mol. The molecular formula is C31H29F3N2O3. The number of carbonyl (C=O) groups excluding carboxylic acids is 2. The first-order valence-electron chi connectivity index (χ1n) is 12.9. The Hall–Kier alpha value is -3.96. The third-order valence-electron chi connectivity index (χ3n) is 7.46. The Balaban J connectivity index is 1.70. The van der Waals surface area contributed by atoms with Gasteiger partial charge < -0.3 is 10.4 Å². The first-order chi connectivity index (χ1) is 18.5. The molecule has 39 heavy (non-hydrogen) atoms. The Morgan fingerprint density at radius 2 is 1.67 bits per heavy atom. The molecule has 3 aromatic carbocycles. The summed E-state index contributed by atoms with van der Waals surface area (Å²) < 4.78 is 40.5. The van der Waals surface area contributed by atoms with E-state index in [1.165, 1.54) is 19.1 Å². The van der Waals surface area contributed by atoms with Crippen LogP contribution in [0.3, 0.4) is 0 Å². The summed E-state index contributed by atoms with van der Waals surface area (Å²) >= 11 is 0. The van der Waals surface area contributed by atoms with Crippen LogP contribution in [0, 0.1) is 17.2 Å². The number of alkyl halides is 3. The van der Waals surface area contributed by atoms with Gasteiger partial charge >= 0.3 is 6.18 Å². The molecule has 5 nitrogen and oxygen atoms in total. The SMILES string of the molecule is CC(=O)c1ccc(-c2ccccc2CC(O)(C(=O)Nc2ccc(C#N)c(C(F)(F)F)c2)C2CCCCC2)cc1. The molecule has 3 aromatic rings. The number of amides is 1. The number of ketones is 1. The standard InChI is InChI=1S/C31H29F3N2O3/c1-20(37)21-11-13-22(14-12-21)27-10-6-5-7-23(27)18-30(39,25-8-3-2-4-9-25)29(38)36-26-16-15-24(19-35)28(17-26)31(32,33)34/h5-7,10-17,25,39H,2-4,8-9,18H2,1H3,(H,36,38). The molecule has 0 radical (unpaired) electrons. The van der Waals surface area contributed by atoms with Crippen molar-refractivity contribution in [2.45, 2.75) is 57.2 Å². The van der Waals surface area contributed by atoms with Crippen LogP contribution in [0.1, 0.15) is 66.1 Å². The lowest BCUT2D eigenvalue weighted by atomic mass is 9.72. The number of nitrogens with zero attached hydrogens (tertiary/aromatic N) is 1. The van der Waals surface area contributed by atoms with Crippen molar-refractivity contribution in [2.24, 2.45) is 5.92 Å². The second-order valence-corrected chi connectivity index (χ2v) is 10.1. The van der Waals surface area contributed by atoms with Crippen LogP contribution in [0.25, 0.3) is 11.1 Å². The lowest BCUT2D eigenvalue weighted by Gasteiger charge is -2.38. The Morgan fingerprint density at radius 3 is 2.28 bits per heavy atom. The number of hydrogen-bond donors (Lipinski definition) is 2. The molecule has 1 saturated carbocycles. The Labute approximate surface area is 225 Å². The quantitative estimate of drug-likeness (QED) is 0.321. The highest BCUT2D eigenvalue weighted by molar-refractivity contribution is 5.98. The number of Topliss-reactive ketones (excluding diaryl/α,β-unsaturated/α-hetero) is 1. The molecule has 1 unspecified atom stereocenters. The minimum Gasteiger partial charge on any atom is -0.379 e. The molecule has 0 bridgehead atoms. The molecule has 0 heterocycles. The zero-order valence-corrected chi connectivity index (χ0v) is 21.5. The maximum Gasteiger partial charge on any atom is 0.417 e. The first kappa shape index (κ1) is 28.1. The van der Waals surface area contributed by atoms with E-state index in [-0.39, 0.29) is 23.8 Å². The number of anilines is 1. The third kappa shape index (κ3) is 6.21. The van der Waals surface area contributed by atoms with Crippen LogP contribution in [0.2, 0.25) is 0 Å². The monoisotopic (exact) mass is 534 g/mol. The molecule has 1 fully saturated rings. The number of nitriles is 1. The van der Waals surface area contributed by atoms with Crippen molar-refractivity contribution in [1.29, 1.82) is 5.26 Å². The minimum atomic E-state index is -4.78. The summed E-state index contributed by atoms with van der Waals surface area (Å²) in [6.45, 7) is 1.48. The van der Waals surface area contributed by atoms with Crippen molar-refractivity contribution < 1.29 is 27.9 Å². The third-order valence-corrected chi connectivity index (χ3v) is 7.46. The zero-order chi connectivity index (χ0) is 28.2. The molecule has 1 aliphatic rings. The van der Waals surface area contributed by atoms with Gasteiger partial charge in [-0.25, -0.2) is 0 Å². The Kier molecular flexibility index (Phi) is 8.22. The van der Waals surface area contributed by atoms with Crippen molar-refractivity contribution in [2.75, 3.05) is 5.32 Å². The van der Waals surface area contributed by atoms with E-state index >= 15 is 0 Å². The molecule has 4 rings (SSSR count). The molecule has 1 amide bonds. The van der Waals surface area contributed by atoms with E-state index in [0.29, 0.717) is 24.0 Å². The topological polar surface area (TPSA) is 90.2 Å². The van der Waals surface area contributed by atoms with Crippen LogP contribution in [0.15, 0.2) is 66.7 Å². The smallest absolute Gasteiger partial charge is 0.379 e. The molecule has 202 valence electrons. The molecule has 0 spiro atoms. The summed E-state index contributed by atoms with van der Waals surface area (Å²) in [7, 11) is 0. The van der Waals surface area contributed by atoms with Gasteiger partial charge in [0, 0.05) is 17.7 Å². The molecule has 1 aliphatic carbocycles. The summed E-state index contributed by atoms with van der Waals surface area (Å²) in [5, 5.41) is 23.6. The lowest BCUT2D eigenvalue weighted by molar-refractivity contribution is -0.142. The average molecular weight is 535 g/mol. The number of rotatable bonds is 7. The van der Waals surface area contributed by atoms with Gasteiger partial charge in [0.2, 0.25) is 0 Å². The van der Waals surface area contributed by atoms with Crippen LogP contribution in [0.5, 0.6) is 0 Å². The summed E-state index contributed by atoms with van der Waals surface area (Å²) in [5.41, 5.74) is -0.870. The van der Waals surface area contributed by atoms with Gasteiger partial charge in [-0.15, -0.1) is 0 Å². The van der Waals surface area contributed by atoms with E-state index in [1.807, 2.05) is 30.3 Å². The van der Waals surface area contributed by atoms with Crippen molar-refractivity contribution in [1.82, 2.24) is 0 Å². The van der Waals surface area contributed by atoms with Gasteiger partial charge in [0.1, 0.15) is 5.60 Å². The van der Waals surface area contributed by atoms with Crippen LogP contribution in [0.4, 0.5) is 18.9 Å². The van der Waals surface area contributed by atoms with Gasteiger partial charge in [-0.1, -0.05) is 67.8 Å². The van der Waals surface area contributed by atoms with E-state index in [1.54, 1.807) is 18.2 Å². The maximum absolute atomic E-state index is 13.7. The molecular weight excluding hydrogens is 505 g/mol. The molecule has 0 aliphatic heterocycles. The van der Waals surface area contributed by atoms with Gasteiger partial charge in [-0.05, 0) is 60.6 Å². The largest absolute Gasteiger partial charge is 0.417 e. The molecule has 8 heteroatoms. The van der Waals surface area contributed by atoms with E-state index in [0.717, 1.165) is 42.5 Å². The normalized spacial score (nSPS) is 15.7. The van der Waals surface area contributed by atoms with Crippen molar-refractivity contribution in [3.05, 3.63) is 89.0 Å². The minimum absolute atomic E-state index is 0.0451. The molecule has 0 aromatic heterocycles. The number of benzene rings is 3. The summed E-state index contributed by atoms with van der Waals surface area (Å²) in [4.78, 5) is 25.4. The second-order valence-electron chi connectivity index (χ2n) is 10.1. The van der Waals surface area contributed by atoms with Crippen molar-refractivity contribution in [3.8, 4) is 17.2 Å². The van der Waals surface area contributed by atoms with Gasteiger partial charge in [0.05, 0.1) is 17.2 Å². The fourth-order valence-corrected chi connectivity index (χ4v) is 5.31. The van der Waals surface area contributed by atoms with Gasteiger partial charge in [0.25, 0.3) is 5.91 Å². The zero-order valence-electron chi connectivity index (χ0n) is 21.5. The summed E-state index contributed by atoms with van der Waals surface area (Å²) in [5.74, 6) is -1.23. The van der Waals surface area contributed by atoms with Crippen LogP contribution < -0.4 is 5.32 Å². The van der Waals surface area contributed by atoms with E-state index in [2.05, 4.69) is 5.32 Å². The number of aliphatic hydroxyl groups is 1. The van der Waals surface area contributed by atoms with Gasteiger partial charge in [-0.3, -0.25) is 9.59 Å². The Morgan fingerprint density at radius 1 is 1.00 bits per heavy atom. The van der Waals surface area contributed by atoms with Gasteiger partial charge in [0.15, 0.2) is 5.78 Å². The second kappa shape index (κ2) is 11.4. The lowest BCUT2D eigenvalue weighted by Crippen LogP contribution is -2.51. The summed E-state index contributed by atoms with van der Waals surface area (Å²) in [6.07, 6.45) is -0.940. The Bertz CT molecular complexity index is 1400. The van der Waals surface area contributed by atoms with Crippen LogP contribution in [-0.4, -0.2) is 22.4 Å². The summed E-state index contributed by atoms with van der Waals surface area (Å²) in [6, 6.07) is 18.9. The highest BCUT2D eigenvalue weighted by Crippen LogP contribution is 2.39. The fraction of sp³-hybridized carbons (Fsp3) is 0.323. The average Bonchev–Trinajstić information content (AvgIpc) is 2.93. The number of hydrogen-bond acceptors (Lipinski definition) is 4.